The van der Waals surface area contributed by atoms with E-state index in [2.05, 4.69) is 39.1 Å². The first kappa shape index (κ1) is 23.0. The molecule has 2 fully saturated rings. The summed E-state index contributed by atoms with van der Waals surface area (Å²) in [4.78, 5) is 27.6. The van der Waals surface area contributed by atoms with Gasteiger partial charge in [0.25, 0.3) is 0 Å². The van der Waals surface area contributed by atoms with E-state index >= 15 is 0 Å². The summed E-state index contributed by atoms with van der Waals surface area (Å²) in [6, 6.07) is 7.65. The summed E-state index contributed by atoms with van der Waals surface area (Å²) < 4.78 is 8.05. The van der Waals surface area contributed by atoms with Crippen LogP contribution in [0.2, 0.25) is 0 Å². The number of allylic oxidation sites excluding steroid dienone is 1. The Hall–Kier alpha value is -3.77. The van der Waals surface area contributed by atoms with Gasteiger partial charge in [-0.2, -0.15) is 5.26 Å². The minimum atomic E-state index is -1.12. The minimum Gasteiger partial charge on any atom is -0.441 e. The van der Waals surface area contributed by atoms with Crippen molar-refractivity contribution >= 4 is 22.9 Å². The monoisotopic (exact) mass is 472 g/mol. The summed E-state index contributed by atoms with van der Waals surface area (Å²) in [6.45, 7) is 10.7. The van der Waals surface area contributed by atoms with Crippen molar-refractivity contribution in [1.82, 2.24) is 19.5 Å². The number of nitrogens with zero attached hydrogens (tertiary/aromatic N) is 6. The highest BCUT2D eigenvalue weighted by molar-refractivity contribution is 5.89. The summed E-state index contributed by atoms with van der Waals surface area (Å²) in [5, 5.41) is 19.4. The predicted molar refractivity (Wildman–Crippen MR) is 129 cm³/mol. The van der Waals surface area contributed by atoms with Crippen LogP contribution in [-0.2, 0) is 16.9 Å². The average Bonchev–Trinajstić information content (AvgIpc) is 3.36. The molecule has 1 aliphatic heterocycles. The molecular formula is C26H28N6O3. The van der Waals surface area contributed by atoms with Crippen LogP contribution >= 0.6 is 0 Å². The maximum Gasteiger partial charge on any atom is 0.416 e. The van der Waals surface area contributed by atoms with Gasteiger partial charge in [-0.15, -0.1) is 0 Å². The van der Waals surface area contributed by atoms with Crippen molar-refractivity contribution in [2.45, 2.75) is 57.8 Å². The molecule has 180 valence electrons. The fraction of sp³-hybridized carbons (Fsp3) is 0.423. The molecule has 1 aromatic carbocycles. The van der Waals surface area contributed by atoms with E-state index in [4.69, 9.17) is 4.74 Å². The number of fused-ring (bicyclic) bond motifs is 1. The third-order valence-electron chi connectivity index (χ3n) is 7.23. The predicted octanol–water partition coefficient (Wildman–Crippen LogP) is 4.07. The van der Waals surface area contributed by atoms with Crippen LogP contribution in [0.1, 0.15) is 51.3 Å². The van der Waals surface area contributed by atoms with Crippen molar-refractivity contribution in [1.29, 1.82) is 5.26 Å². The van der Waals surface area contributed by atoms with Gasteiger partial charge in [-0.05, 0) is 51.3 Å². The van der Waals surface area contributed by atoms with E-state index in [0.717, 1.165) is 23.0 Å². The molecule has 3 aromatic rings. The lowest BCUT2D eigenvalue weighted by Crippen LogP contribution is -2.46. The van der Waals surface area contributed by atoms with Crippen molar-refractivity contribution in [3.63, 3.8) is 0 Å². The Morgan fingerprint density at radius 3 is 2.77 bits per heavy atom. The topological polar surface area (TPSA) is 117 Å². The van der Waals surface area contributed by atoms with Gasteiger partial charge in [0.15, 0.2) is 5.82 Å². The van der Waals surface area contributed by atoms with Crippen molar-refractivity contribution < 1.29 is 14.6 Å². The van der Waals surface area contributed by atoms with Crippen LogP contribution in [0.25, 0.3) is 11.0 Å². The Labute approximate surface area is 203 Å². The largest absolute Gasteiger partial charge is 0.441 e. The summed E-state index contributed by atoms with van der Waals surface area (Å²) in [5.41, 5.74) is 1.71. The number of carbonyl (C=O) groups is 1. The minimum absolute atomic E-state index is 0.346. The number of benzene rings is 1. The van der Waals surface area contributed by atoms with E-state index in [9.17, 15) is 15.2 Å². The Kier molecular flexibility index (Phi) is 5.18. The van der Waals surface area contributed by atoms with Crippen molar-refractivity contribution in [3.8, 4) is 6.07 Å². The number of hydrogen-bond acceptors (Lipinski definition) is 7. The van der Waals surface area contributed by atoms with Crippen LogP contribution < -0.4 is 4.90 Å². The highest BCUT2D eigenvalue weighted by Gasteiger charge is 2.53. The smallest absolute Gasteiger partial charge is 0.416 e. The van der Waals surface area contributed by atoms with Gasteiger partial charge >= 0.3 is 6.09 Å². The van der Waals surface area contributed by atoms with Gasteiger partial charge in [-0.25, -0.2) is 14.8 Å². The first-order valence-corrected chi connectivity index (χ1v) is 11.6. The van der Waals surface area contributed by atoms with Crippen LogP contribution in [0.4, 0.5) is 10.6 Å². The Morgan fingerprint density at radius 2 is 2.09 bits per heavy atom. The molecule has 5 rings (SSSR count). The molecule has 1 saturated heterocycles. The van der Waals surface area contributed by atoms with Gasteiger partial charge in [-0.1, -0.05) is 19.1 Å². The van der Waals surface area contributed by atoms with Gasteiger partial charge in [0, 0.05) is 12.0 Å². The van der Waals surface area contributed by atoms with E-state index < -0.39 is 17.3 Å². The molecule has 35 heavy (non-hydrogen) atoms. The molecular weight excluding hydrogens is 444 g/mol. The second-order valence-electron chi connectivity index (χ2n) is 10.5. The molecule has 1 spiro atoms. The van der Waals surface area contributed by atoms with E-state index in [-0.39, 0.29) is 5.41 Å². The number of amides is 1. The SMILES string of the molecule is C=C1CC[C@@]2(CN(c3cnc(C(C)(C)O)cn3)C(=O)O2)C[C@@]1(C)Cn1cnc2ccc(C#N)cc21. The molecule has 1 aliphatic carbocycles. The summed E-state index contributed by atoms with van der Waals surface area (Å²) in [6.07, 6.45) is 6.35. The highest BCUT2D eigenvalue weighted by Crippen LogP contribution is 2.50. The molecule has 3 heterocycles. The van der Waals surface area contributed by atoms with Crippen LogP contribution in [0, 0.1) is 16.7 Å². The van der Waals surface area contributed by atoms with Crippen molar-refractivity contribution in [2.75, 3.05) is 11.4 Å². The van der Waals surface area contributed by atoms with Crippen molar-refractivity contribution in [3.05, 3.63) is 60.3 Å². The van der Waals surface area contributed by atoms with Crippen LogP contribution in [0.3, 0.4) is 0 Å². The Balaban J connectivity index is 1.40. The number of hydrogen-bond donors (Lipinski definition) is 1. The quantitative estimate of drug-likeness (QED) is 0.569. The second kappa shape index (κ2) is 7.89. The number of aromatic nitrogens is 4. The summed E-state index contributed by atoms with van der Waals surface area (Å²) >= 11 is 0. The second-order valence-corrected chi connectivity index (χ2v) is 10.5. The van der Waals surface area contributed by atoms with Crippen LogP contribution in [0.5, 0.6) is 0 Å². The van der Waals surface area contributed by atoms with E-state index in [1.54, 1.807) is 26.2 Å². The maximum atomic E-state index is 12.9. The first-order chi connectivity index (χ1) is 16.5. The molecule has 9 nitrogen and oxygen atoms in total. The number of aliphatic hydroxyl groups is 1. The zero-order valence-electron chi connectivity index (χ0n) is 20.2. The summed E-state index contributed by atoms with van der Waals surface area (Å²) in [5.74, 6) is 0.399. The van der Waals surface area contributed by atoms with Gasteiger partial charge in [-0.3, -0.25) is 9.88 Å². The molecule has 2 atom stereocenters. The van der Waals surface area contributed by atoms with Gasteiger partial charge in [0.2, 0.25) is 0 Å². The lowest BCUT2D eigenvalue weighted by atomic mass is 9.65. The number of rotatable bonds is 4. The maximum absolute atomic E-state index is 12.9. The summed E-state index contributed by atoms with van der Waals surface area (Å²) in [7, 11) is 0. The van der Waals surface area contributed by atoms with Crippen molar-refractivity contribution in [2.24, 2.45) is 5.41 Å². The first-order valence-electron chi connectivity index (χ1n) is 11.6. The number of imidazole rings is 1. The van der Waals surface area contributed by atoms with Gasteiger partial charge in [0.05, 0.1) is 53.6 Å². The molecule has 0 bridgehead atoms. The molecule has 1 amide bonds. The molecule has 2 aliphatic rings. The highest BCUT2D eigenvalue weighted by atomic mass is 16.6. The third-order valence-corrected chi connectivity index (χ3v) is 7.23. The lowest BCUT2D eigenvalue weighted by molar-refractivity contribution is -0.00400. The molecule has 1 N–H and O–H groups in total. The van der Waals surface area contributed by atoms with Crippen LogP contribution in [0.15, 0.2) is 49.1 Å². The van der Waals surface area contributed by atoms with E-state index in [0.29, 0.717) is 43.0 Å². The number of nitriles is 1. The lowest BCUT2D eigenvalue weighted by Gasteiger charge is -2.44. The zero-order valence-corrected chi connectivity index (χ0v) is 20.2. The number of anilines is 1. The molecule has 0 unspecified atom stereocenters. The Bertz CT molecular complexity index is 1370. The normalized spacial score (nSPS) is 24.7. The fourth-order valence-corrected chi connectivity index (χ4v) is 5.20. The number of carbonyl (C=O) groups excluding carboxylic acids is 1. The molecule has 0 radical (unpaired) electrons. The molecule has 2 aromatic heterocycles. The fourth-order valence-electron chi connectivity index (χ4n) is 5.20. The molecule has 1 saturated carbocycles. The van der Waals surface area contributed by atoms with E-state index in [1.165, 1.54) is 17.3 Å². The number of ether oxygens (including phenoxy) is 1. The van der Waals surface area contributed by atoms with E-state index in [1.807, 2.05) is 12.1 Å². The zero-order chi connectivity index (χ0) is 25.0. The van der Waals surface area contributed by atoms with Gasteiger partial charge in [0.1, 0.15) is 11.2 Å². The molecule has 9 heteroatoms. The third kappa shape index (κ3) is 4.04. The van der Waals surface area contributed by atoms with Crippen LogP contribution in [-0.4, -0.2) is 42.9 Å². The van der Waals surface area contributed by atoms with Gasteiger partial charge < -0.3 is 14.4 Å². The standard InChI is InChI=1S/C26H28N6O3/c1-17-7-8-26(15-32(23(33)35-26)22-12-28-21(11-29-22)24(2,3)34)13-25(17,4)14-31-16-30-19-6-5-18(10-27)9-20(19)31/h5-6,9,11-12,16,34H,1,7-8,13-15H2,2-4H3/t25-,26-/m0/s1. The Morgan fingerprint density at radius 1 is 1.29 bits per heavy atom. The average molecular weight is 473 g/mol.